The number of hydrogen-bond donors (Lipinski definition) is 0. The second kappa shape index (κ2) is 8.91. The van der Waals surface area contributed by atoms with E-state index < -0.39 is 16.0 Å². The average molecular weight is 482 g/mol. The number of rotatable bonds is 6. The first-order valence-corrected chi connectivity index (χ1v) is 12.6. The van der Waals surface area contributed by atoms with E-state index in [0.29, 0.717) is 4.88 Å². The Hall–Kier alpha value is -2.54. The molecule has 0 atom stereocenters. The molecule has 1 aliphatic heterocycles. The Bertz CT molecular complexity index is 1170. The molecule has 4 heterocycles. The van der Waals surface area contributed by atoms with Crippen LogP contribution in [0.15, 0.2) is 45.4 Å². The summed E-state index contributed by atoms with van der Waals surface area (Å²) in [7, 11) is -3.92. The molecule has 0 saturated carbocycles. The minimum Gasteiger partial charge on any atom is -0.460 e. The molecule has 1 amide bonds. The predicted molar refractivity (Wildman–Crippen MR) is 115 cm³/mol. The van der Waals surface area contributed by atoms with E-state index in [9.17, 15) is 18.0 Å². The summed E-state index contributed by atoms with van der Waals surface area (Å²) in [6.07, 6.45) is 1.56. The molecule has 12 heteroatoms. The number of aromatic nitrogens is 1. The number of thiazole rings is 1. The number of amides is 1. The standard InChI is InChI=1S/C19H19N3O6S3/c1-2-27-19(24)13-5-6-16(28-13)31(25,26)22-9-7-21(8-10-22)18(23)15-12-20-17(30-15)14-4-3-11-29-14/h3-6,11-12H,2,7-10H2,1H3. The summed E-state index contributed by atoms with van der Waals surface area (Å²) >= 11 is 2.88. The van der Waals surface area contributed by atoms with Crippen LogP contribution in [0.4, 0.5) is 0 Å². The first-order valence-electron chi connectivity index (χ1n) is 9.46. The third kappa shape index (κ3) is 4.42. The van der Waals surface area contributed by atoms with Gasteiger partial charge in [0, 0.05) is 26.2 Å². The van der Waals surface area contributed by atoms with Crippen LogP contribution in [0.2, 0.25) is 0 Å². The molecule has 0 bridgehead atoms. The monoisotopic (exact) mass is 481 g/mol. The van der Waals surface area contributed by atoms with Crippen molar-refractivity contribution in [2.75, 3.05) is 32.8 Å². The molecule has 0 N–H and O–H groups in total. The van der Waals surface area contributed by atoms with Crippen LogP contribution in [0, 0.1) is 0 Å². The number of ether oxygens (including phenoxy) is 1. The largest absolute Gasteiger partial charge is 0.460 e. The van der Waals surface area contributed by atoms with E-state index in [1.54, 1.807) is 29.4 Å². The molecule has 31 heavy (non-hydrogen) atoms. The van der Waals surface area contributed by atoms with Crippen LogP contribution in [0.3, 0.4) is 0 Å². The third-order valence-corrected chi connectivity index (χ3v) is 8.42. The van der Waals surface area contributed by atoms with Gasteiger partial charge in [0.2, 0.25) is 10.9 Å². The summed E-state index contributed by atoms with van der Waals surface area (Å²) in [4.78, 5) is 32.0. The number of hydrogen-bond acceptors (Lipinski definition) is 9. The molecule has 164 valence electrons. The van der Waals surface area contributed by atoms with Crippen LogP contribution in [-0.2, 0) is 14.8 Å². The van der Waals surface area contributed by atoms with Crippen molar-refractivity contribution in [2.45, 2.75) is 12.0 Å². The Morgan fingerprint density at radius 3 is 2.65 bits per heavy atom. The maximum Gasteiger partial charge on any atom is 0.374 e. The van der Waals surface area contributed by atoms with Crippen molar-refractivity contribution in [3.63, 3.8) is 0 Å². The van der Waals surface area contributed by atoms with Gasteiger partial charge in [-0.2, -0.15) is 4.31 Å². The molecule has 3 aromatic heterocycles. The quantitative estimate of drug-likeness (QED) is 0.498. The molecule has 4 rings (SSSR count). The fraction of sp³-hybridized carbons (Fsp3) is 0.316. The molecule has 3 aromatic rings. The van der Waals surface area contributed by atoms with Crippen LogP contribution in [0.25, 0.3) is 9.88 Å². The van der Waals surface area contributed by atoms with Gasteiger partial charge >= 0.3 is 5.97 Å². The lowest BCUT2D eigenvalue weighted by molar-refractivity contribution is 0.0483. The third-order valence-electron chi connectivity index (χ3n) is 4.63. The Morgan fingerprint density at radius 2 is 1.97 bits per heavy atom. The van der Waals surface area contributed by atoms with Gasteiger partial charge in [-0.15, -0.1) is 22.7 Å². The van der Waals surface area contributed by atoms with Crippen molar-refractivity contribution in [1.29, 1.82) is 0 Å². The second-order valence-electron chi connectivity index (χ2n) is 6.54. The lowest BCUT2D eigenvalue weighted by Crippen LogP contribution is -2.50. The molecule has 9 nitrogen and oxygen atoms in total. The maximum atomic E-state index is 12.8. The maximum absolute atomic E-state index is 12.8. The molecule has 0 aromatic carbocycles. The minimum absolute atomic E-state index is 0.125. The summed E-state index contributed by atoms with van der Waals surface area (Å²) in [6, 6.07) is 6.39. The smallest absolute Gasteiger partial charge is 0.374 e. The van der Waals surface area contributed by atoms with E-state index >= 15 is 0 Å². The summed E-state index contributed by atoms with van der Waals surface area (Å²) in [5, 5.41) is 2.42. The highest BCUT2D eigenvalue weighted by Crippen LogP contribution is 2.30. The van der Waals surface area contributed by atoms with Crippen LogP contribution in [0.5, 0.6) is 0 Å². The molecular formula is C19H19N3O6S3. The van der Waals surface area contributed by atoms with Crippen molar-refractivity contribution >= 4 is 44.6 Å². The highest BCUT2D eigenvalue weighted by atomic mass is 32.2. The minimum atomic E-state index is -3.92. The lowest BCUT2D eigenvalue weighted by atomic mass is 10.3. The SMILES string of the molecule is CCOC(=O)c1ccc(S(=O)(=O)N2CCN(C(=O)c3cnc(-c4cccs4)s3)CC2)o1. The van der Waals surface area contributed by atoms with Crippen molar-refractivity contribution < 1.29 is 27.2 Å². The zero-order valence-electron chi connectivity index (χ0n) is 16.5. The number of carbonyl (C=O) groups is 2. The highest BCUT2D eigenvalue weighted by molar-refractivity contribution is 7.89. The van der Waals surface area contributed by atoms with Crippen LogP contribution in [-0.4, -0.2) is 67.3 Å². The fourth-order valence-electron chi connectivity index (χ4n) is 3.07. The molecule has 0 spiro atoms. The normalized spacial score (nSPS) is 15.2. The van der Waals surface area contributed by atoms with E-state index in [-0.39, 0.29) is 49.5 Å². The van der Waals surface area contributed by atoms with Gasteiger partial charge in [-0.05, 0) is 30.5 Å². The number of carbonyl (C=O) groups excluding carboxylic acids is 2. The number of esters is 1. The molecule has 1 aliphatic rings. The summed E-state index contributed by atoms with van der Waals surface area (Å²) in [5.74, 6) is -1.05. The number of piperazine rings is 1. The molecule has 1 fully saturated rings. The Morgan fingerprint density at radius 1 is 1.19 bits per heavy atom. The van der Waals surface area contributed by atoms with Gasteiger partial charge in [-0.1, -0.05) is 6.07 Å². The number of furan rings is 1. The first kappa shape index (κ1) is 21.7. The summed E-state index contributed by atoms with van der Waals surface area (Å²) < 4.78 is 36.9. The predicted octanol–water partition coefficient (Wildman–Crippen LogP) is 2.79. The zero-order valence-corrected chi connectivity index (χ0v) is 19.0. The van der Waals surface area contributed by atoms with Gasteiger partial charge in [-0.25, -0.2) is 18.2 Å². The molecule has 0 radical (unpaired) electrons. The van der Waals surface area contributed by atoms with E-state index in [2.05, 4.69) is 4.98 Å². The van der Waals surface area contributed by atoms with E-state index in [0.717, 1.165) is 9.88 Å². The lowest BCUT2D eigenvalue weighted by Gasteiger charge is -2.33. The van der Waals surface area contributed by atoms with Crippen molar-refractivity contribution in [3.05, 3.63) is 46.5 Å². The Labute approximate surface area is 186 Å². The highest BCUT2D eigenvalue weighted by Gasteiger charge is 2.33. The van der Waals surface area contributed by atoms with E-state index in [4.69, 9.17) is 9.15 Å². The Balaban J connectivity index is 1.40. The summed E-state index contributed by atoms with van der Waals surface area (Å²) in [6.45, 7) is 2.55. The summed E-state index contributed by atoms with van der Waals surface area (Å²) in [5.41, 5.74) is 0. The van der Waals surface area contributed by atoms with Crippen LogP contribution < -0.4 is 0 Å². The molecule has 0 aliphatic carbocycles. The molecule has 0 unspecified atom stereocenters. The van der Waals surface area contributed by atoms with E-state index in [1.165, 1.54) is 27.8 Å². The number of thiophene rings is 1. The Kier molecular flexibility index (Phi) is 6.23. The van der Waals surface area contributed by atoms with Gasteiger partial charge in [0.25, 0.3) is 15.9 Å². The number of sulfonamides is 1. The van der Waals surface area contributed by atoms with Gasteiger partial charge in [0.1, 0.15) is 9.88 Å². The number of nitrogens with zero attached hydrogens (tertiary/aromatic N) is 3. The van der Waals surface area contributed by atoms with Gasteiger partial charge in [-0.3, -0.25) is 4.79 Å². The van der Waals surface area contributed by atoms with Crippen molar-refractivity contribution in [1.82, 2.24) is 14.2 Å². The first-order chi connectivity index (χ1) is 14.9. The van der Waals surface area contributed by atoms with Crippen LogP contribution in [0.1, 0.15) is 27.2 Å². The topological polar surface area (TPSA) is 110 Å². The van der Waals surface area contributed by atoms with Gasteiger partial charge < -0.3 is 14.1 Å². The second-order valence-corrected chi connectivity index (χ2v) is 10.4. The van der Waals surface area contributed by atoms with Gasteiger partial charge in [0.05, 0.1) is 17.7 Å². The fourth-order valence-corrected chi connectivity index (χ4v) is 6.09. The molecular weight excluding hydrogens is 462 g/mol. The molecule has 1 saturated heterocycles. The van der Waals surface area contributed by atoms with Gasteiger partial charge in [0.15, 0.2) is 0 Å². The van der Waals surface area contributed by atoms with E-state index in [1.807, 2.05) is 17.5 Å². The van der Waals surface area contributed by atoms with Crippen molar-refractivity contribution in [2.24, 2.45) is 0 Å². The average Bonchev–Trinajstić information content (AvgIpc) is 3.54. The van der Waals surface area contributed by atoms with Crippen LogP contribution >= 0.6 is 22.7 Å². The zero-order chi connectivity index (χ0) is 22.0. The van der Waals surface area contributed by atoms with Crippen molar-refractivity contribution in [3.8, 4) is 9.88 Å².